The molecule has 1 N–H and O–H groups in total. The number of hydrogen-bond donors (Lipinski definition) is 1. The molecule has 0 aliphatic carbocycles. The number of amides is 1. The van der Waals surface area contributed by atoms with Crippen LogP contribution in [0.1, 0.15) is 24.2 Å². The van der Waals surface area contributed by atoms with E-state index in [-0.39, 0.29) is 23.0 Å². The van der Waals surface area contributed by atoms with Crippen LogP contribution >= 0.6 is 0 Å². The molecule has 0 unspecified atom stereocenters. The lowest BCUT2D eigenvalue weighted by Crippen LogP contribution is -2.48. The van der Waals surface area contributed by atoms with Crippen LogP contribution in [-0.4, -0.2) is 51.0 Å². The van der Waals surface area contributed by atoms with E-state index in [1.165, 1.54) is 28.6 Å². The SMILES string of the molecule is C[C@H]1CN(S(=O)(=O)c2ccc(C(=O)NN(C)c3ccccc3)cc2)C[C@H](C)O1. The number of ether oxygens (including phenoxy) is 1. The minimum Gasteiger partial charge on any atom is -0.373 e. The lowest BCUT2D eigenvalue weighted by atomic mass is 10.2. The van der Waals surface area contributed by atoms with Gasteiger partial charge in [0.25, 0.3) is 5.91 Å². The van der Waals surface area contributed by atoms with Crippen LogP contribution in [0.5, 0.6) is 0 Å². The zero-order chi connectivity index (χ0) is 20.3. The predicted octanol–water partition coefficient (Wildman–Crippen LogP) is 2.27. The third kappa shape index (κ3) is 4.52. The maximum atomic E-state index is 12.9. The van der Waals surface area contributed by atoms with E-state index in [1.54, 1.807) is 12.1 Å². The summed E-state index contributed by atoms with van der Waals surface area (Å²) in [6.45, 7) is 4.34. The molecule has 8 heteroatoms. The lowest BCUT2D eigenvalue weighted by molar-refractivity contribution is -0.0440. The Morgan fingerprint density at radius 1 is 1.04 bits per heavy atom. The van der Waals surface area contributed by atoms with Crippen molar-refractivity contribution in [1.29, 1.82) is 0 Å². The zero-order valence-electron chi connectivity index (χ0n) is 16.2. The van der Waals surface area contributed by atoms with E-state index in [2.05, 4.69) is 5.43 Å². The van der Waals surface area contributed by atoms with Crippen LogP contribution in [-0.2, 0) is 14.8 Å². The van der Waals surface area contributed by atoms with E-state index in [4.69, 9.17) is 4.74 Å². The summed E-state index contributed by atoms with van der Waals surface area (Å²) in [5, 5.41) is 1.61. The van der Waals surface area contributed by atoms with Gasteiger partial charge in [0, 0.05) is 25.7 Å². The second-order valence-electron chi connectivity index (χ2n) is 6.94. The van der Waals surface area contributed by atoms with Crippen molar-refractivity contribution in [2.24, 2.45) is 0 Å². The molecule has 1 saturated heterocycles. The molecule has 1 fully saturated rings. The number of carbonyl (C=O) groups is 1. The Bertz CT molecular complexity index is 906. The molecule has 2 aromatic carbocycles. The molecule has 0 aromatic heterocycles. The van der Waals surface area contributed by atoms with Crippen LogP contribution in [0, 0.1) is 0 Å². The maximum absolute atomic E-state index is 12.9. The summed E-state index contributed by atoms with van der Waals surface area (Å²) in [5.74, 6) is -0.316. The van der Waals surface area contributed by atoms with Crippen LogP contribution in [0.3, 0.4) is 0 Å². The number of rotatable bonds is 5. The first-order valence-corrected chi connectivity index (χ1v) is 10.6. The van der Waals surface area contributed by atoms with Gasteiger partial charge in [-0.05, 0) is 50.2 Å². The standard InChI is InChI=1S/C20H25N3O4S/c1-15-13-23(14-16(2)27-15)28(25,26)19-11-9-17(10-12-19)20(24)21-22(3)18-7-5-4-6-8-18/h4-12,15-16H,13-14H2,1-3H3,(H,21,24)/t15-,16-/m0/s1. The summed E-state index contributed by atoms with van der Waals surface area (Å²) in [6.07, 6.45) is -0.311. The Morgan fingerprint density at radius 3 is 2.18 bits per heavy atom. The monoisotopic (exact) mass is 403 g/mol. The Balaban J connectivity index is 1.71. The molecule has 28 heavy (non-hydrogen) atoms. The Hall–Kier alpha value is -2.42. The van der Waals surface area contributed by atoms with Gasteiger partial charge in [-0.1, -0.05) is 18.2 Å². The average molecular weight is 404 g/mol. The van der Waals surface area contributed by atoms with Gasteiger partial charge in [-0.3, -0.25) is 15.2 Å². The zero-order valence-corrected chi connectivity index (χ0v) is 17.0. The van der Waals surface area contributed by atoms with Gasteiger partial charge < -0.3 is 4.74 Å². The number of hydrogen-bond acceptors (Lipinski definition) is 5. The number of benzene rings is 2. The molecule has 1 heterocycles. The largest absolute Gasteiger partial charge is 0.373 e. The number of anilines is 1. The third-order valence-corrected chi connectivity index (χ3v) is 6.40. The number of sulfonamides is 1. The van der Waals surface area contributed by atoms with Crippen molar-refractivity contribution in [3.05, 3.63) is 60.2 Å². The molecular weight excluding hydrogens is 378 g/mol. The van der Waals surface area contributed by atoms with Gasteiger partial charge in [0.05, 0.1) is 22.8 Å². The molecule has 1 aliphatic heterocycles. The highest BCUT2D eigenvalue weighted by atomic mass is 32.2. The van der Waals surface area contributed by atoms with Crippen LogP contribution in [0.4, 0.5) is 5.69 Å². The van der Waals surface area contributed by atoms with Crippen molar-refractivity contribution in [2.45, 2.75) is 31.0 Å². The molecule has 150 valence electrons. The van der Waals surface area contributed by atoms with Gasteiger partial charge in [0.1, 0.15) is 0 Å². The van der Waals surface area contributed by atoms with Crippen molar-refractivity contribution >= 4 is 21.6 Å². The Morgan fingerprint density at radius 2 is 1.61 bits per heavy atom. The molecule has 0 saturated carbocycles. The quantitative estimate of drug-likeness (QED) is 0.775. The fraction of sp³-hybridized carbons (Fsp3) is 0.350. The fourth-order valence-corrected chi connectivity index (χ4v) is 4.78. The fourth-order valence-electron chi connectivity index (χ4n) is 3.19. The molecule has 2 aromatic rings. The third-order valence-electron chi connectivity index (χ3n) is 4.55. The van der Waals surface area contributed by atoms with Crippen molar-refractivity contribution in [2.75, 3.05) is 25.1 Å². The summed E-state index contributed by atoms with van der Waals surface area (Å²) in [5.41, 5.74) is 3.98. The van der Waals surface area contributed by atoms with Gasteiger partial charge in [0.2, 0.25) is 10.0 Å². The highest BCUT2D eigenvalue weighted by Gasteiger charge is 2.32. The number of hydrazine groups is 1. The minimum atomic E-state index is -3.63. The van der Waals surface area contributed by atoms with Crippen molar-refractivity contribution < 1.29 is 17.9 Å². The first kappa shape index (κ1) is 20.3. The van der Waals surface area contributed by atoms with E-state index >= 15 is 0 Å². The normalized spacial score (nSPS) is 20.5. The van der Waals surface area contributed by atoms with Gasteiger partial charge in [-0.15, -0.1) is 0 Å². The molecular formula is C20H25N3O4S. The predicted molar refractivity (Wildman–Crippen MR) is 108 cm³/mol. The van der Waals surface area contributed by atoms with Crippen LogP contribution in [0.2, 0.25) is 0 Å². The number of nitrogens with one attached hydrogen (secondary N) is 1. The van der Waals surface area contributed by atoms with E-state index in [0.717, 1.165) is 5.69 Å². The molecule has 1 amide bonds. The number of para-hydroxylation sites is 1. The smallest absolute Gasteiger partial charge is 0.269 e. The van der Waals surface area contributed by atoms with Gasteiger partial charge >= 0.3 is 0 Å². The molecule has 3 rings (SSSR count). The Labute approximate surface area is 165 Å². The second-order valence-corrected chi connectivity index (χ2v) is 8.88. The highest BCUT2D eigenvalue weighted by molar-refractivity contribution is 7.89. The summed E-state index contributed by atoms with van der Waals surface area (Å²) in [7, 11) is -1.88. The number of nitrogens with zero attached hydrogens (tertiary/aromatic N) is 2. The van der Waals surface area contributed by atoms with Gasteiger partial charge in [0.15, 0.2) is 0 Å². The molecule has 0 bridgehead atoms. The first-order valence-electron chi connectivity index (χ1n) is 9.13. The van der Waals surface area contributed by atoms with Crippen molar-refractivity contribution in [3.8, 4) is 0 Å². The second kappa shape index (κ2) is 8.30. The molecule has 0 radical (unpaired) electrons. The average Bonchev–Trinajstić information content (AvgIpc) is 2.68. The van der Waals surface area contributed by atoms with Crippen molar-refractivity contribution in [3.63, 3.8) is 0 Å². The molecule has 7 nitrogen and oxygen atoms in total. The van der Waals surface area contributed by atoms with E-state index < -0.39 is 10.0 Å². The van der Waals surface area contributed by atoms with Crippen LogP contribution < -0.4 is 10.4 Å². The minimum absolute atomic E-state index is 0.155. The highest BCUT2D eigenvalue weighted by Crippen LogP contribution is 2.21. The summed E-state index contributed by atoms with van der Waals surface area (Å²) >= 11 is 0. The van der Waals surface area contributed by atoms with E-state index in [0.29, 0.717) is 18.7 Å². The first-order chi connectivity index (χ1) is 13.3. The topological polar surface area (TPSA) is 79.0 Å². The number of carbonyl (C=O) groups excluding carboxylic acids is 1. The van der Waals surface area contributed by atoms with Gasteiger partial charge in [-0.2, -0.15) is 4.31 Å². The van der Waals surface area contributed by atoms with Gasteiger partial charge in [-0.25, -0.2) is 8.42 Å². The lowest BCUT2D eigenvalue weighted by Gasteiger charge is -2.34. The van der Waals surface area contributed by atoms with E-state index in [9.17, 15) is 13.2 Å². The summed E-state index contributed by atoms with van der Waals surface area (Å²) < 4.78 is 32.8. The number of morpholine rings is 1. The summed E-state index contributed by atoms with van der Waals surface area (Å²) in [4.78, 5) is 12.6. The molecule has 1 aliphatic rings. The van der Waals surface area contributed by atoms with Crippen LogP contribution in [0.15, 0.2) is 59.5 Å². The van der Waals surface area contributed by atoms with Crippen molar-refractivity contribution in [1.82, 2.24) is 9.73 Å². The van der Waals surface area contributed by atoms with Crippen LogP contribution in [0.25, 0.3) is 0 Å². The Kier molecular flexibility index (Phi) is 6.02. The molecule has 0 spiro atoms. The van der Waals surface area contributed by atoms with E-state index in [1.807, 2.05) is 44.2 Å². The summed E-state index contributed by atoms with van der Waals surface area (Å²) in [6, 6.07) is 15.4. The molecule has 2 atom stereocenters. The maximum Gasteiger partial charge on any atom is 0.269 e.